The van der Waals surface area contributed by atoms with Gasteiger partial charge in [-0.15, -0.1) is 0 Å². The first-order chi connectivity index (χ1) is 9.40. The monoisotopic (exact) mass is 287 g/mol. The Bertz CT molecular complexity index is 459. The number of alkyl halides is 3. The van der Waals surface area contributed by atoms with Gasteiger partial charge in [-0.05, 0) is 56.6 Å². The molecule has 112 valence electrons. The van der Waals surface area contributed by atoms with Gasteiger partial charge < -0.3 is 4.74 Å². The maximum Gasteiger partial charge on any atom is 0.416 e. The smallest absolute Gasteiger partial charge is 0.416 e. The van der Waals surface area contributed by atoms with Crippen LogP contribution in [0.2, 0.25) is 0 Å². The van der Waals surface area contributed by atoms with Crippen LogP contribution in [0, 0.1) is 6.92 Å². The van der Waals surface area contributed by atoms with Crippen LogP contribution >= 0.6 is 0 Å². The molecule has 1 aromatic rings. The van der Waals surface area contributed by atoms with Gasteiger partial charge in [0.25, 0.3) is 0 Å². The summed E-state index contributed by atoms with van der Waals surface area (Å²) in [6.45, 7) is 6.19. The molecule has 1 aliphatic rings. The number of likely N-dealkylation sites (tertiary alicyclic amines) is 1. The van der Waals surface area contributed by atoms with Gasteiger partial charge in [-0.1, -0.05) is 6.92 Å². The predicted octanol–water partition coefficient (Wildman–Crippen LogP) is 3.88. The van der Waals surface area contributed by atoms with E-state index in [1.165, 1.54) is 0 Å². The lowest BCUT2D eigenvalue weighted by Crippen LogP contribution is -2.33. The highest BCUT2D eigenvalue weighted by molar-refractivity contribution is 5.35. The molecule has 0 saturated carbocycles. The molecule has 1 heterocycles. The van der Waals surface area contributed by atoms with E-state index in [4.69, 9.17) is 4.74 Å². The van der Waals surface area contributed by atoms with E-state index < -0.39 is 11.7 Å². The van der Waals surface area contributed by atoms with Crippen molar-refractivity contribution in [3.8, 4) is 5.75 Å². The fraction of sp³-hybridized carbons (Fsp3) is 0.600. The Hall–Kier alpha value is -1.23. The Labute approximate surface area is 117 Å². The second kappa shape index (κ2) is 6.04. The average Bonchev–Trinajstić information content (AvgIpc) is 2.82. The maximum atomic E-state index is 12.7. The van der Waals surface area contributed by atoms with Gasteiger partial charge in [0.2, 0.25) is 0 Å². The Balaban J connectivity index is 2.04. The summed E-state index contributed by atoms with van der Waals surface area (Å²) in [4.78, 5) is 2.31. The van der Waals surface area contributed by atoms with E-state index in [2.05, 4.69) is 11.8 Å². The highest BCUT2D eigenvalue weighted by Crippen LogP contribution is 2.32. The number of hydrogen-bond donors (Lipinski definition) is 0. The van der Waals surface area contributed by atoms with Crippen LogP contribution in [0.15, 0.2) is 18.2 Å². The summed E-state index contributed by atoms with van der Waals surface area (Å²) in [6, 6.07) is 4.19. The Morgan fingerprint density at radius 2 is 2.05 bits per heavy atom. The molecular formula is C15H20F3NO. The third kappa shape index (κ3) is 3.66. The molecule has 0 aliphatic carbocycles. The first-order valence-corrected chi connectivity index (χ1v) is 6.96. The Morgan fingerprint density at radius 1 is 1.30 bits per heavy atom. The lowest BCUT2D eigenvalue weighted by molar-refractivity contribution is -0.137. The van der Waals surface area contributed by atoms with Crippen molar-refractivity contribution >= 4 is 0 Å². The summed E-state index contributed by atoms with van der Waals surface area (Å²) >= 11 is 0. The van der Waals surface area contributed by atoms with Gasteiger partial charge in [0, 0.05) is 6.04 Å². The Kier molecular flexibility index (Phi) is 4.58. The number of halogens is 3. The van der Waals surface area contributed by atoms with Crippen molar-refractivity contribution in [2.75, 3.05) is 19.7 Å². The second-order valence-corrected chi connectivity index (χ2v) is 5.27. The van der Waals surface area contributed by atoms with Crippen molar-refractivity contribution in [1.29, 1.82) is 0 Å². The minimum atomic E-state index is -4.33. The quantitative estimate of drug-likeness (QED) is 0.833. The minimum absolute atomic E-state index is 0.306. The standard InChI is InChI=1S/C15H20F3NO/c1-3-19-6-4-5-13(19)10-20-14-8-11(2)7-12(9-14)15(16,17)18/h7-9,13H,3-6,10H2,1-2H3. The van der Waals surface area contributed by atoms with Crippen molar-refractivity contribution < 1.29 is 17.9 Å². The van der Waals surface area contributed by atoms with Gasteiger partial charge in [-0.2, -0.15) is 13.2 Å². The van der Waals surface area contributed by atoms with Gasteiger partial charge >= 0.3 is 6.18 Å². The van der Waals surface area contributed by atoms with Crippen LogP contribution in [-0.2, 0) is 6.18 Å². The van der Waals surface area contributed by atoms with Crippen molar-refractivity contribution in [2.45, 2.75) is 38.9 Å². The van der Waals surface area contributed by atoms with Crippen molar-refractivity contribution in [2.24, 2.45) is 0 Å². The van der Waals surface area contributed by atoms with Gasteiger partial charge in [-0.25, -0.2) is 0 Å². The molecule has 0 amide bonds. The van der Waals surface area contributed by atoms with Crippen LogP contribution in [0.5, 0.6) is 5.75 Å². The summed E-state index contributed by atoms with van der Waals surface area (Å²) in [7, 11) is 0. The lowest BCUT2D eigenvalue weighted by atomic mass is 10.1. The zero-order chi connectivity index (χ0) is 14.8. The van der Waals surface area contributed by atoms with Crippen LogP contribution in [0.4, 0.5) is 13.2 Å². The van der Waals surface area contributed by atoms with Gasteiger partial charge in [-0.3, -0.25) is 4.90 Å². The molecule has 0 bridgehead atoms. The summed E-state index contributed by atoms with van der Waals surface area (Å²) < 4.78 is 43.8. The maximum absolute atomic E-state index is 12.7. The van der Waals surface area contributed by atoms with Crippen LogP contribution < -0.4 is 4.74 Å². The van der Waals surface area contributed by atoms with E-state index in [1.54, 1.807) is 13.0 Å². The first kappa shape index (κ1) is 15.2. The molecule has 0 aromatic heterocycles. The summed E-state index contributed by atoms with van der Waals surface area (Å²) in [5.74, 6) is 0.306. The third-order valence-electron chi connectivity index (χ3n) is 3.73. The molecule has 1 aromatic carbocycles. The molecule has 2 rings (SSSR count). The molecule has 0 spiro atoms. The van der Waals surface area contributed by atoms with E-state index in [0.29, 0.717) is 24.0 Å². The second-order valence-electron chi connectivity index (χ2n) is 5.27. The molecule has 1 saturated heterocycles. The average molecular weight is 287 g/mol. The van der Waals surface area contributed by atoms with Crippen LogP contribution in [0.1, 0.15) is 30.9 Å². The number of nitrogens with zero attached hydrogens (tertiary/aromatic N) is 1. The van der Waals surface area contributed by atoms with E-state index in [0.717, 1.165) is 38.1 Å². The lowest BCUT2D eigenvalue weighted by Gasteiger charge is -2.23. The Morgan fingerprint density at radius 3 is 2.70 bits per heavy atom. The molecule has 1 unspecified atom stereocenters. The van der Waals surface area contributed by atoms with Crippen LogP contribution in [0.25, 0.3) is 0 Å². The van der Waals surface area contributed by atoms with E-state index in [-0.39, 0.29) is 0 Å². The number of hydrogen-bond acceptors (Lipinski definition) is 2. The van der Waals surface area contributed by atoms with Crippen LogP contribution in [0.3, 0.4) is 0 Å². The summed E-state index contributed by atoms with van der Waals surface area (Å²) in [5.41, 5.74) is -0.0835. The predicted molar refractivity (Wildman–Crippen MR) is 71.9 cm³/mol. The third-order valence-corrected chi connectivity index (χ3v) is 3.73. The first-order valence-electron chi connectivity index (χ1n) is 6.96. The fourth-order valence-electron chi connectivity index (χ4n) is 2.69. The largest absolute Gasteiger partial charge is 0.492 e. The topological polar surface area (TPSA) is 12.5 Å². The fourth-order valence-corrected chi connectivity index (χ4v) is 2.69. The van der Waals surface area contributed by atoms with Gasteiger partial charge in [0.05, 0.1) is 5.56 Å². The SMILES string of the molecule is CCN1CCCC1COc1cc(C)cc(C(F)(F)F)c1. The number of benzene rings is 1. The summed E-state index contributed by atoms with van der Waals surface area (Å²) in [5, 5.41) is 0. The molecule has 1 aliphatic heterocycles. The van der Waals surface area contributed by atoms with Crippen molar-refractivity contribution in [3.05, 3.63) is 29.3 Å². The van der Waals surface area contributed by atoms with E-state index in [1.807, 2.05) is 0 Å². The molecule has 1 atom stereocenters. The zero-order valence-corrected chi connectivity index (χ0v) is 11.8. The molecule has 2 nitrogen and oxygen atoms in total. The minimum Gasteiger partial charge on any atom is -0.492 e. The number of likely N-dealkylation sites (N-methyl/N-ethyl adjacent to an activating group) is 1. The van der Waals surface area contributed by atoms with Gasteiger partial charge in [0.15, 0.2) is 0 Å². The molecule has 0 radical (unpaired) electrons. The molecule has 20 heavy (non-hydrogen) atoms. The van der Waals surface area contributed by atoms with Crippen molar-refractivity contribution in [3.63, 3.8) is 0 Å². The normalized spacial score (nSPS) is 20.4. The highest BCUT2D eigenvalue weighted by atomic mass is 19.4. The molecule has 1 fully saturated rings. The number of ether oxygens (including phenoxy) is 1. The number of rotatable bonds is 4. The van der Waals surface area contributed by atoms with Crippen LogP contribution in [-0.4, -0.2) is 30.6 Å². The van der Waals surface area contributed by atoms with Crippen molar-refractivity contribution in [1.82, 2.24) is 4.90 Å². The summed E-state index contributed by atoms with van der Waals surface area (Å²) in [6.07, 6.45) is -2.15. The number of aryl methyl sites for hydroxylation is 1. The molecular weight excluding hydrogens is 267 g/mol. The van der Waals surface area contributed by atoms with E-state index >= 15 is 0 Å². The van der Waals surface area contributed by atoms with E-state index in [9.17, 15) is 13.2 Å². The molecule has 5 heteroatoms. The highest BCUT2D eigenvalue weighted by Gasteiger charge is 2.31. The molecule has 0 N–H and O–H groups in total. The van der Waals surface area contributed by atoms with Gasteiger partial charge in [0.1, 0.15) is 12.4 Å². The zero-order valence-electron chi connectivity index (χ0n) is 11.8.